The fraction of sp³-hybridized carbons (Fsp3) is 0.364. The highest BCUT2D eigenvalue weighted by Gasteiger charge is 2.20. The van der Waals surface area contributed by atoms with Crippen molar-refractivity contribution in [2.75, 3.05) is 18.0 Å². The minimum atomic E-state index is 0.719. The standard InChI is InChI=1S/C22H27N/c1-3-7-18(2)19-10-12-22(13-11-19)23-16-14-21(15-17-23)20-8-5-4-6-9-20/h4-6,8-13,21H,2-3,7,14-17H2,1H3. The number of hydrogen-bond acceptors (Lipinski definition) is 1. The molecule has 1 heteroatoms. The monoisotopic (exact) mass is 305 g/mol. The summed E-state index contributed by atoms with van der Waals surface area (Å²) in [6.07, 6.45) is 4.73. The van der Waals surface area contributed by atoms with Crippen LogP contribution in [0, 0.1) is 0 Å². The molecule has 0 spiro atoms. The van der Waals surface area contributed by atoms with Crippen molar-refractivity contribution >= 4 is 11.3 Å². The Morgan fingerprint density at radius 1 is 1.00 bits per heavy atom. The zero-order valence-corrected chi connectivity index (χ0v) is 14.2. The molecule has 0 N–H and O–H groups in total. The lowest BCUT2D eigenvalue weighted by molar-refractivity contribution is 0.505. The van der Waals surface area contributed by atoms with Gasteiger partial charge in [0.05, 0.1) is 0 Å². The van der Waals surface area contributed by atoms with Crippen LogP contribution in [-0.2, 0) is 0 Å². The molecule has 0 saturated carbocycles. The number of allylic oxidation sites excluding steroid dienone is 1. The van der Waals surface area contributed by atoms with Gasteiger partial charge in [0, 0.05) is 18.8 Å². The number of benzene rings is 2. The predicted molar refractivity (Wildman–Crippen MR) is 101 cm³/mol. The lowest BCUT2D eigenvalue weighted by atomic mass is 9.89. The molecule has 23 heavy (non-hydrogen) atoms. The molecule has 0 bridgehead atoms. The first-order valence-electron chi connectivity index (χ1n) is 8.86. The van der Waals surface area contributed by atoms with Crippen LogP contribution in [0.1, 0.15) is 49.7 Å². The molecule has 0 amide bonds. The zero-order valence-electron chi connectivity index (χ0n) is 14.2. The Hall–Kier alpha value is -2.02. The van der Waals surface area contributed by atoms with Crippen LogP contribution in [0.25, 0.3) is 5.57 Å². The molecule has 1 saturated heterocycles. The summed E-state index contributed by atoms with van der Waals surface area (Å²) in [6, 6.07) is 20.0. The van der Waals surface area contributed by atoms with E-state index in [0.717, 1.165) is 31.8 Å². The minimum Gasteiger partial charge on any atom is -0.371 e. The summed E-state index contributed by atoms with van der Waals surface area (Å²) in [5.74, 6) is 0.719. The van der Waals surface area contributed by atoms with Crippen molar-refractivity contribution in [2.45, 2.75) is 38.5 Å². The van der Waals surface area contributed by atoms with E-state index in [2.05, 4.69) is 73.0 Å². The van der Waals surface area contributed by atoms with Gasteiger partial charge in [0.15, 0.2) is 0 Å². The highest BCUT2D eigenvalue weighted by Crippen LogP contribution is 2.31. The van der Waals surface area contributed by atoms with Gasteiger partial charge in [0.25, 0.3) is 0 Å². The number of rotatable bonds is 5. The molecule has 1 aliphatic heterocycles. The van der Waals surface area contributed by atoms with Crippen LogP contribution in [0.3, 0.4) is 0 Å². The molecule has 2 aromatic carbocycles. The Kier molecular flexibility index (Phi) is 5.17. The van der Waals surface area contributed by atoms with E-state index in [1.54, 1.807) is 0 Å². The first-order chi connectivity index (χ1) is 11.3. The summed E-state index contributed by atoms with van der Waals surface area (Å²) >= 11 is 0. The number of anilines is 1. The summed E-state index contributed by atoms with van der Waals surface area (Å²) in [5.41, 5.74) is 5.39. The second-order valence-electron chi connectivity index (χ2n) is 6.57. The van der Waals surface area contributed by atoms with E-state index in [1.807, 2.05) is 0 Å². The largest absolute Gasteiger partial charge is 0.371 e. The molecule has 0 atom stereocenters. The maximum Gasteiger partial charge on any atom is 0.0366 e. The van der Waals surface area contributed by atoms with Crippen molar-refractivity contribution in [3.8, 4) is 0 Å². The first kappa shape index (κ1) is 15.9. The highest BCUT2D eigenvalue weighted by molar-refractivity contribution is 5.65. The van der Waals surface area contributed by atoms with Gasteiger partial charge in [-0.3, -0.25) is 0 Å². The second-order valence-corrected chi connectivity index (χ2v) is 6.57. The first-order valence-corrected chi connectivity index (χ1v) is 8.86. The van der Waals surface area contributed by atoms with Crippen LogP contribution in [0.4, 0.5) is 5.69 Å². The minimum absolute atomic E-state index is 0.719. The van der Waals surface area contributed by atoms with Crippen LogP contribution in [0.2, 0.25) is 0 Å². The Bertz CT molecular complexity index is 619. The zero-order chi connectivity index (χ0) is 16.1. The van der Waals surface area contributed by atoms with Gasteiger partial charge in [-0.05, 0) is 54.0 Å². The third kappa shape index (κ3) is 3.85. The van der Waals surface area contributed by atoms with Crippen LogP contribution in [0.15, 0.2) is 61.2 Å². The van der Waals surface area contributed by atoms with E-state index >= 15 is 0 Å². The summed E-state index contributed by atoms with van der Waals surface area (Å²) in [5, 5.41) is 0. The SMILES string of the molecule is C=C(CCC)c1ccc(N2CCC(c3ccccc3)CC2)cc1. The lowest BCUT2D eigenvalue weighted by Crippen LogP contribution is -2.32. The Balaban J connectivity index is 1.60. The van der Waals surface area contributed by atoms with Gasteiger partial charge in [0.2, 0.25) is 0 Å². The van der Waals surface area contributed by atoms with Gasteiger partial charge >= 0.3 is 0 Å². The summed E-state index contributed by atoms with van der Waals surface area (Å²) in [7, 11) is 0. The Morgan fingerprint density at radius 3 is 2.26 bits per heavy atom. The predicted octanol–water partition coefficient (Wildman–Crippen LogP) is 5.88. The molecule has 120 valence electrons. The molecule has 0 unspecified atom stereocenters. The molecule has 2 aromatic rings. The average molecular weight is 305 g/mol. The van der Waals surface area contributed by atoms with Crippen LogP contribution in [0.5, 0.6) is 0 Å². The van der Waals surface area contributed by atoms with Crippen molar-refractivity contribution < 1.29 is 0 Å². The Labute approximate surface area is 140 Å². The van der Waals surface area contributed by atoms with Crippen LogP contribution < -0.4 is 4.90 Å². The van der Waals surface area contributed by atoms with Gasteiger partial charge in [-0.1, -0.05) is 62.4 Å². The normalized spacial score (nSPS) is 15.6. The lowest BCUT2D eigenvalue weighted by Gasteiger charge is -2.34. The van der Waals surface area contributed by atoms with Crippen molar-refractivity contribution in [3.63, 3.8) is 0 Å². The van der Waals surface area contributed by atoms with Gasteiger partial charge in [0.1, 0.15) is 0 Å². The maximum absolute atomic E-state index is 4.19. The van der Waals surface area contributed by atoms with Gasteiger partial charge in [-0.2, -0.15) is 0 Å². The third-order valence-corrected chi connectivity index (χ3v) is 4.96. The van der Waals surface area contributed by atoms with Crippen LogP contribution >= 0.6 is 0 Å². The molecule has 1 fully saturated rings. The van der Waals surface area contributed by atoms with E-state index in [4.69, 9.17) is 0 Å². The van der Waals surface area contributed by atoms with E-state index in [-0.39, 0.29) is 0 Å². The molecular weight excluding hydrogens is 278 g/mol. The van der Waals surface area contributed by atoms with Crippen LogP contribution in [-0.4, -0.2) is 13.1 Å². The fourth-order valence-electron chi connectivity index (χ4n) is 3.55. The van der Waals surface area contributed by atoms with E-state index < -0.39 is 0 Å². The molecule has 0 aliphatic carbocycles. The van der Waals surface area contributed by atoms with Crippen molar-refractivity contribution in [1.82, 2.24) is 0 Å². The van der Waals surface area contributed by atoms with E-state index in [9.17, 15) is 0 Å². The molecule has 1 aliphatic rings. The quantitative estimate of drug-likeness (QED) is 0.666. The van der Waals surface area contributed by atoms with E-state index in [0.29, 0.717) is 0 Å². The topological polar surface area (TPSA) is 3.24 Å². The number of hydrogen-bond donors (Lipinski definition) is 0. The number of nitrogens with zero attached hydrogens (tertiary/aromatic N) is 1. The summed E-state index contributed by atoms with van der Waals surface area (Å²) in [4.78, 5) is 2.52. The molecule has 1 heterocycles. The fourth-order valence-corrected chi connectivity index (χ4v) is 3.55. The highest BCUT2D eigenvalue weighted by atomic mass is 15.1. The van der Waals surface area contributed by atoms with Crippen molar-refractivity contribution in [3.05, 3.63) is 72.3 Å². The number of piperidine rings is 1. The third-order valence-electron chi connectivity index (χ3n) is 4.96. The molecule has 1 nitrogen and oxygen atoms in total. The second kappa shape index (κ2) is 7.50. The van der Waals surface area contributed by atoms with Crippen molar-refractivity contribution in [1.29, 1.82) is 0 Å². The molecular formula is C22H27N. The summed E-state index contributed by atoms with van der Waals surface area (Å²) in [6.45, 7) is 8.69. The molecule has 3 rings (SSSR count). The maximum atomic E-state index is 4.19. The molecule has 0 radical (unpaired) electrons. The smallest absolute Gasteiger partial charge is 0.0366 e. The summed E-state index contributed by atoms with van der Waals surface area (Å²) < 4.78 is 0. The van der Waals surface area contributed by atoms with E-state index in [1.165, 1.54) is 35.2 Å². The van der Waals surface area contributed by atoms with Gasteiger partial charge in [-0.15, -0.1) is 0 Å². The van der Waals surface area contributed by atoms with Gasteiger partial charge in [-0.25, -0.2) is 0 Å². The average Bonchev–Trinajstić information content (AvgIpc) is 2.63. The van der Waals surface area contributed by atoms with Gasteiger partial charge < -0.3 is 4.90 Å². The van der Waals surface area contributed by atoms with Crippen molar-refractivity contribution in [2.24, 2.45) is 0 Å². The molecule has 0 aromatic heterocycles. The Morgan fingerprint density at radius 2 is 1.65 bits per heavy atom.